The normalized spacial score (nSPS) is 19.1. The van der Waals surface area contributed by atoms with Crippen molar-refractivity contribution < 1.29 is 23.9 Å². The van der Waals surface area contributed by atoms with Crippen molar-refractivity contribution in [2.45, 2.75) is 33.2 Å². The summed E-state index contributed by atoms with van der Waals surface area (Å²) >= 11 is 0. The molecule has 29 heavy (non-hydrogen) atoms. The number of furan rings is 1. The van der Waals surface area contributed by atoms with Gasteiger partial charge in [-0.15, -0.1) is 0 Å². The molecule has 3 rings (SSSR count). The minimum atomic E-state index is -1.00. The predicted molar refractivity (Wildman–Crippen MR) is 104 cm³/mol. The van der Waals surface area contributed by atoms with E-state index in [-0.39, 0.29) is 17.9 Å². The van der Waals surface area contributed by atoms with E-state index in [9.17, 15) is 19.5 Å². The van der Waals surface area contributed by atoms with E-state index in [4.69, 9.17) is 4.42 Å². The molecular formula is C20H24N4O5. The van der Waals surface area contributed by atoms with Crippen LogP contribution in [0.3, 0.4) is 0 Å². The maximum absolute atomic E-state index is 12.9. The number of carbonyl (C=O) groups excluding carboxylic acids is 2. The van der Waals surface area contributed by atoms with E-state index in [1.165, 1.54) is 17.1 Å². The molecule has 2 atom stereocenters. The molecule has 9 heteroatoms. The van der Waals surface area contributed by atoms with Crippen molar-refractivity contribution in [3.63, 3.8) is 0 Å². The quantitative estimate of drug-likeness (QED) is 0.639. The Morgan fingerprint density at radius 3 is 2.55 bits per heavy atom. The summed E-state index contributed by atoms with van der Waals surface area (Å²) in [6.45, 7) is 3.98. The molecule has 0 saturated carbocycles. The largest absolute Gasteiger partial charge is 0.481 e. The van der Waals surface area contributed by atoms with E-state index in [1.807, 2.05) is 13.8 Å². The summed E-state index contributed by atoms with van der Waals surface area (Å²) in [6, 6.07) is 3.45. The van der Waals surface area contributed by atoms with E-state index in [1.54, 1.807) is 19.2 Å². The third-order valence-electron chi connectivity index (χ3n) is 5.23. The van der Waals surface area contributed by atoms with Gasteiger partial charge in [0.2, 0.25) is 5.91 Å². The van der Waals surface area contributed by atoms with Gasteiger partial charge in [-0.3, -0.25) is 19.1 Å². The summed E-state index contributed by atoms with van der Waals surface area (Å²) in [7, 11) is 1.63. The van der Waals surface area contributed by atoms with Crippen LogP contribution in [0.25, 0.3) is 0 Å². The molecule has 2 amide bonds. The molecule has 2 heterocycles. The van der Waals surface area contributed by atoms with Crippen LogP contribution in [0.1, 0.15) is 42.9 Å². The van der Waals surface area contributed by atoms with Gasteiger partial charge < -0.3 is 20.2 Å². The maximum atomic E-state index is 12.9. The lowest BCUT2D eigenvalue weighted by Crippen LogP contribution is -2.37. The van der Waals surface area contributed by atoms with E-state index in [0.717, 1.165) is 11.1 Å². The zero-order valence-corrected chi connectivity index (χ0v) is 16.6. The van der Waals surface area contributed by atoms with Crippen molar-refractivity contribution in [2.75, 3.05) is 5.32 Å². The highest BCUT2D eigenvalue weighted by molar-refractivity contribution is 6.03. The summed E-state index contributed by atoms with van der Waals surface area (Å²) in [4.78, 5) is 37.1. The SMILES string of the molecule is CC1=C(C)C[C@@H](C(=O)O)[C@@H](C(=O)Nc2cn(C)nc2C(=O)NCc2ccco2)C1. The monoisotopic (exact) mass is 400 g/mol. The van der Waals surface area contributed by atoms with E-state index in [2.05, 4.69) is 15.7 Å². The average molecular weight is 400 g/mol. The number of carboxylic acids is 1. The molecule has 1 aliphatic carbocycles. The van der Waals surface area contributed by atoms with Crippen molar-refractivity contribution in [2.24, 2.45) is 18.9 Å². The fourth-order valence-corrected chi connectivity index (χ4v) is 3.46. The molecule has 3 N–H and O–H groups in total. The van der Waals surface area contributed by atoms with Gasteiger partial charge in [0.1, 0.15) is 5.76 Å². The Labute approximate surface area is 167 Å². The number of aliphatic carboxylic acids is 1. The number of nitrogens with zero attached hydrogens (tertiary/aromatic N) is 2. The second-order valence-electron chi connectivity index (χ2n) is 7.34. The van der Waals surface area contributed by atoms with E-state index in [0.29, 0.717) is 18.6 Å². The number of amides is 2. The number of aryl methyl sites for hydroxylation is 1. The van der Waals surface area contributed by atoms with Crippen molar-refractivity contribution in [1.82, 2.24) is 15.1 Å². The van der Waals surface area contributed by atoms with Gasteiger partial charge in [0.15, 0.2) is 5.69 Å². The van der Waals surface area contributed by atoms with Crippen LogP contribution in [0.2, 0.25) is 0 Å². The first-order chi connectivity index (χ1) is 13.8. The van der Waals surface area contributed by atoms with Crippen LogP contribution in [-0.4, -0.2) is 32.7 Å². The molecule has 0 fully saturated rings. The molecule has 9 nitrogen and oxygen atoms in total. The number of allylic oxidation sites excluding steroid dienone is 2. The summed E-state index contributed by atoms with van der Waals surface area (Å²) in [5.74, 6) is -2.83. The maximum Gasteiger partial charge on any atom is 0.307 e. The van der Waals surface area contributed by atoms with Gasteiger partial charge in [-0.2, -0.15) is 5.10 Å². The average Bonchev–Trinajstić information content (AvgIpc) is 3.31. The first-order valence-electron chi connectivity index (χ1n) is 9.29. The Bertz CT molecular complexity index is 958. The van der Waals surface area contributed by atoms with Gasteiger partial charge in [-0.25, -0.2) is 0 Å². The number of carbonyl (C=O) groups is 3. The lowest BCUT2D eigenvalue weighted by atomic mass is 9.76. The molecule has 0 aromatic carbocycles. The topological polar surface area (TPSA) is 126 Å². The number of anilines is 1. The van der Waals surface area contributed by atoms with Crippen LogP contribution in [0.4, 0.5) is 5.69 Å². The first-order valence-corrected chi connectivity index (χ1v) is 9.29. The van der Waals surface area contributed by atoms with Gasteiger partial charge in [-0.1, -0.05) is 11.1 Å². The molecule has 0 radical (unpaired) electrons. The van der Waals surface area contributed by atoms with Crippen LogP contribution in [-0.2, 0) is 23.2 Å². The predicted octanol–water partition coefficient (Wildman–Crippen LogP) is 2.33. The fourth-order valence-electron chi connectivity index (χ4n) is 3.46. The van der Waals surface area contributed by atoms with Gasteiger partial charge in [0, 0.05) is 13.2 Å². The minimum Gasteiger partial charge on any atom is -0.481 e. The Balaban J connectivity index is 1.75. The lowest BCUT2D eigenvalue weighted by Gasteiger charge is -2.29. The number of hydrogen-bond donors (Lipinski definition) is 3. The third kappa shape index (κ3) is 4.56. The van der Waals surface area contributed by atoms with Crippen LogP contribution < -0.4 is 10.6 Å². The molecule has 0 aliphatic heterocycles. The van der Waals surface area contributed by atoms with Crippen LogP contribution in [0, 0.1) is 11.8 Å². The van der Waals surface area contributed by atoms with Gasteiger partial charge in [0.25, 0.3) is 5.91 Å². The highest BCUT2D eigenvalue weighted by Gasteiger charge is 2.37. The molecule has 0 spiro atoms. The molecule has 2 aromatic heterocycles. The smallest absolute Gasteiger partial charge is 0.307 e. The van der Waals surface area contributed by atoms with Crippen molar-refractivity contribution in [3.8, 4) is 0 Å². The van der Waals surface area contributed by atoms with Crippen LogP contribution >= 0.6 is 0 Å². The van der Waals surface area contributed by atoms with E-state index < -0.39 is 29.6 Å². The Morgan fingerprint density at radius 2 is 1.93 bits per heavy atom. The Hall–Kier alpha value is -3.36. The highest BCUT2D eigenvalue weighted by Crippen LogP contribution is 2.35. The highest BCUT2D eigenvalue weighted by atomic mass is 16.4. The zero-order chi connectivity index (χ0) is 21.1. The first kappa shape index (κ1) is 20.4. The second kappa shape index (κ2) is 8.34. The zero-order valence-electron chi connectivity index (χ0n) is 16.6. The molecule has 1 aliphatic rings. The number of hydrogen-bond acceptors (Lipinski definition) is 5. The Morgan fingerprint density at radius 1 is 1.24 bits per heavy atom. The lowest BCUT2D eigenvalue weighted by molar-refractivity contribution is -0.146. The van der Waals surface area contributed by atoms with Crippen molar-refractivity contribution in [1.29, 1.82) is 0 Å². The number of rotatable bonds is 6. The number of aromatic nitrogens is 2. The third-order valence-corrected chi connectivity index (χ3v) is 5.23. The molecule has 0 bridgehead atoms. The second-order valence-corrected chi connectivity index (χ2v) is 7.34. The van der Waals surface area contributed by atoms with E-state index >= 15 is 0 Å². The number of carboxylic acid groups (broad SMARTS) is 1. The number of nitrogens with one attached hydrogen (secondary N) is 2. The van der Waals surface area contributed by atoms with Gasteiger partial charge >= 0.3 is 5.97 Å². The molecular weight excluding hydrogens is 376 g/mol. The summed E-state index contributed by atoms with van der Waals surface area (Å²) in [5.41, 5.74) is 2.31. The van der Waals surface area contributed by atoms with Crippen molar-refractivity contribution >= 4 is 23.5 Å². The molecule has 0 unspecified atom stereocenters. The fraction of sp³-hybridized carbons (Fsp3) is 0.400. The summed E-state index contributed by atoms with van der Waals surface area (Å²) < 4.78 is 6.60. The van der Waals surface area contributed by atoms with Crippen LogP contribution in [0.15, 0.2) is 40.2 Å². The summed E-state index contributed by atoms with van der Waals surface area (Å²) in [6.07, 6.45) is 3.74. The standard InChI is InChI=1S/C20H24N4O5/c1-11-7-14(15(20(27)28)8-12(11)2)18(25)22-16-10-24(3)23-17(16)19(26)21-9-13-5-4-6-29-13/h4-6,10,14-15H,7-9H2,1-3H3,(H,21,26)(H,22,25)(H,27,28)/t14-,15+/m0/s1. The van der Waals surface area contributed by atoms with Gasteiger partial charge in [0.05, 0.1) is 30.3 Å². The van der Waals surface area contributed by atoms with Crippen LogP contribution in [0.5, 0.6) is 0 Å². The Kier molecular flexibility index (Phi) is 5.86. The van der Waals surface area contributed by atoms with Gasteiger partial charge in [-0.05, 0) is 38.8 Å². The summed E-state index contributed by atoms with van der Waals surface area (Å²) in [5, 5.41) is 19.1. The molecule has 0 saturated heterocycles. The molecule has 2 aromatic rings. The molecule has 154 valence electrons. The minimum absolute atomic E-state index is 0.0542. The van der Waals surface area contributed by atoms with Crippen molar-refractivity contribution in [3.05, 3.63) is 47.2 Å².